The Morgan fingerprint density at radius 3 is 2.58 bits per heavy atom. The Morgan fingerprint density at radius 1 is 1.12 bits per heavy atom. The lowest BCUT2D eigenvalue weighted by Gasteiger charge is -2.38. The van der Waals surface area contributed by atoms with Crippen molar-refractivity contribution in [3.05, 3.63) is 29.8 Å². The molecule has 1 amide bonds. The van der Waals surface area contributed by atoms with Crippen LogP contribution in [-0.4, -0.2) is 25.5 Å². The third-order valence-corrected chi connectivity index (χ3v) is 5.40. The van der Waals surface area contributed by atoms with E-state index in [2.05, 4.69) is 5.32 Å². The number of nitrogens with one attached hydrogen (secondary N) is 2. The van der Waals surface area contributed by atoms with Crippen molar-refractivity contribution >= 4 is 11.6 Å². The molecule has 3 rings (SSSR count). The molecule has 1 heterocycles. The van der Waals surface area contributed by atoms with E-state index in [-0.39, 0.29) is 18.1 Å². The van der Waals surface area contributed by atoms with E-state index in [9.17, 15) is 18.0 Å². The molecule has 1 aromatic carbocycles. The van der Waals surface area contributed by atoms with Gasteiger partial charge in [0.2, 0.25) is 0 Å². The summed E-state index contributed by atoms with van der Waals surface area (Å²) in [4.78, 5) is 13.4. The first-order valence-electron chi connectivity index (χ1n) is 8.73. The maximum Gasteiger partial charge on any atom is 0.418 e. The number of hydrogen-bond donors (Lipinski definition) is 2. The molecule has 0 radical (unpaired) electrons. The van der Waals surface area contributed by atoms with E-state index >= 15 is 0 Å². The van der Waals surface area contributed by atoms with Crippen LogP contribution >= 0.6 is 0 Å². The zero-order chi connectivity index (χ0) is 17.2. The fourth-order valence-electron chi connectivity index (χ4n) is 4.22. The zero-order valence-corrected chi connectivity index (χ0v) is 13.7. The summed E-state index contributed by atoms with van der Waals surface area (Å²) in [5.41, 5.74) is -0.943. The summed E-state index contributed by atoms with van der Waals surface area (Å²) in [6.45, 7) is 2.16. The lowest BCUT2D eigenvalue weighted by atomic mass is 9.75. The van der Waals surface area contributed by atoms with Crippen LogP contribution in [0.25, 0.3) is 0 Å². The van der Waals surface area contributed by atoms with Crippen LogP contribution in [0.5, 0.6) is 0 Å². The number of rotatable bonds is 3. The van der Waals surface area contributed by atoms with Gasteiger partial charge in [0.1, 0.15) is 0 Å². The average Bonchev–Trinajstić information content (AvgIpc) is 2.54. The predicted molar refractivity (Wildman–Crippen MR) is 85.7 cm³/mol. The summed E-state index contributed by atoms with van der Waals surface area (Å²) in [7, 11) is 0. The highest BCUT2D eigenvalue weighted by Crippen LogP contribution is 2.34. The van der Waals surface area contributed by atoms with Crippen molar-refractivity contribution in [2.75, 3.05) is 25.0 Å². The van der Waals surface area contributed by atoms with Crippen molar-refractivity contribution in [2.45, 2.75) is 38.3 Å². The lowest BCUT2D eigenvalue weighted by molar-refractivity contribution is -0.902. The van der Waals surface area contributed by atoms with E-state index in [1.807, 2.05) is 0 Å². The smallest absolute Gasteiger partial charge is 0.327 e. The minimum atomic E-state index is -4.46. The number of para-hydroxylation sites is 1. The average molecular weight is 341 g/mol. The van der Waals surface area contributed by atoms with Crippen molar-refractivity contribution in [2.24, 2.45) is 11.8 Å². The number of carbonyl (C=O) groups is 1. The first-order valence-corrected chi connectivity index (χ1v) is 8.73. The van der Waals surface area contributed by atoms with Crippen LogP contribution in [0.4, 0.5) is 18.9 Å². The molecule has 1 saturated heterocycles. The van der Waals surface area contributed by atoms with Crippen LogP contribution in [-0.2, 0) is 11.0 Å². The molecular formula is C18H24F3N2O+. The minimum Gasteiger partial charge on any atom is -0.327 e. The van der Waals surface area contributed by atoms with Crippen molar-refractivity contribution in [1.82, 2.24) is 0 Å². The fraction of sp³-hybridized carbons (Fsp3) is 0.611. The van der Waals surface area contributed by atoms with Gasteiger partial charge in [-0.05, 0) is 37.3 Å². The number of quaternary nitrogens is 1. The molecule has 2 N–H and O–H groups in total. The second-order valence-electron chi connectivity index (χ2n) is 7.07. The Kier molecular flexibility index (Phi) is 5.13. The lowest BCUT2D eigenvalue weighted by Crippen LogP contribution is -3.15. The summed E-state index contributed by atoms with van der Waals surface area (Å²) in [6, 6.07) is 5.14. The quantitative estimate of drug-likeness (QED) is 0.871. The Bertz CT molecular complexity index is 588. The number of carbonyl (C=O) groups excluding carboxylic acids is 1. The van der Waals surface area contributed by atoms with Gasteiger partial charge < -0.3 is 10.2 Å². The van der Waals surface area contributed by atoms with E-state index in [0.29, 0.717) is 5.92 Å². The number of anilines is 1. The Labute approximate surface area is 140 Å². The monoisotopic (exact) mass is 341 g/mol. The summed E-state index contributed by atoms with van der Waals surface area (Å²) >= 11 is 0. The Morgan fingerprint density at radius 2 is 1.83 bits per heavy atom. The third kappa shape index (κ3) is 4.09. The van der Waals surface area contributed by atoms with Crippen LogP contribution in [0, 0.1) is 11.8 Å². The molecule has 1 unspecified atom stereocenters. The van der Waals surface area contributed by atoms with Crippen LogP contribution in [0.1, 0.15) is 37.7 Å². The number of piperidine rings is 1. The second kappa shape index (κ2) is 7.13. The number of hydrogen-bond acceptors (Lipinski definition) is 1. The topological polar surface area (TPSA) is 33.5 Å². The van der Waals surface area contributed by atoms with Crippen LogP contribution in [0.15, 0.2) is 24.3 Å². The van der Waals surface area contributed by atoms with Crippen molar-refractivity contribution in [3.63, 3.8) is 0 Å². The van der Waals surface area contributed by atoms with Crippen LogP contribution in [0.3, 0.4) is 0 Å². The highest BCUT2D eigenvalue weighted by molar-refractivity contribution is 5.92. The van der Waals surface area contributed by atoms with Gasteiger partial charge in [0.05, 0.1) is 24.3 Å². The molecule has 2 fully saturated rings. The maximum atomic E-state index is 13.0. The van der Waals surface area contributed by atoms with Gasteiger partial charge in [-0.2, -0.15) is 13.2 Å². The molecule has 132 valence electrons. The molecule has 2 aliphatic rings. The van der Waals surface area contributed by atoms with E-state index in [1.165, 1.54) is 48.8 Å². The summed E-state index contributed by atoms with van der Waals surface area (Å²) in [5.74, 6) is 1.13. The maximum absolute atomic E-state index is 13.0. The molecule has 24 heavy (non-hydrogen) atoms. The van der Waals surface area contributed by atoms with Gasteiger partial charge in [-0.25, -0.2) is 0 Å². The summed E-state index contributed by atoms with van der Waals surface area (Å²) in [5, 5.41) is 2.46. The molecule has 3 nitrogen and oxygen atoms in total. The summed E-state index contributed by atoms with van der Waals surface area (Å²) in [6.07, 6.45) is 1.77. The number of halogens is 3. The molecule has 0 bridgehead atoms. The molecular weight excluding hydrogens is 317 g/mol. The predicted octanol–water partition coefficient (Wildman–Crippen LogP) is 2.74. The number of likely N-dealkylation sites (tertiary alicyclic amines) is 1. The van der Waals surface area contributed by atoms with Crippen LogP contribution in [0.2, 0.25) is 0 Å². The summed E-state index contributed by atoms with van der Waals surface area (Å²) < 4.78 is 39.0. The first-order chi connectivity index (χ1) is 11.4. The SMILES string of the molecule is O=C(C[NH+]1CC[C@@H]2CCCC[C@@H]2C1)Nc1ccccc1C(F)(F)F. The molecule has 0 spiro atoms. The van der Waals surface area contributed by atoms with Gasteiger partial charge in [0.15, 0.2) is 6.54 Å². The van der Waals surface area contributed by atoms with Gasteiger partial charge in [-0.1, -0.05) is 25.0 Å². The van der Waals surface area contributed by atoms with E-state index < -0.39 is 11.7 Å². The third-order valence-electron chi connectivity index (χ3n) is 5.40. The van der Waals surface area contributed by atoms with Crippen LogP contribution < -0.4 is 10.2 Å². The fourth-order valence-corrected chi connectivity index (χ4v) is 4.22. The normalized spacial score (nSPS) is 27.4. The van der Waals surface area contributed by atoms with E-state index in [0.717, 1.165) is 31.5 Å². The highest BCUT2D eigenvalue weighted by atomic mass is 19.4. The van der Waals surface area contributed by atoms with Crippen molar-refractivity contribution < 1.29 is 22.9 Å². The molecule has 1 aliphatic carbocycles. The van der Waals surface area contributed by atoms with Gasteiger partial charge in [0.25, 0.3) is 5.91 Å². The molecule has 1 aromatic rings. The van der Waals surface area contributed by atoms with Gasteiger partial charge in [-0.3, -0.25) is 4.79 Å². The van der Waals surface area contributed by atoms with Gasteiger partial charge in [-0.15, -0.1) is 0 Å². The molecule has 0 aromatic heterocycles. The zero-order valence-electron chi connectivity index (χ0n) is 13.7. The van der Waals surface area contributed by atoms with Gasteiger partial charge >= 0.3 is 6.18 Å². The largest absolute Gasteiger partial charge is 0.418 e. The number of benzene rings is 1. The van der Waals surface area contributed by atoms with E-state index in [4.69, 9.17) is 0 Å². The first kappa shape index (κ1) is 17.3. The number of alkyl halides is 3. The standard InChI is InChI=1S/C18H23F3N2O/c19-18(20,21)15-7-3-4-8-16(15)22-17(24)12-23-10-9-13-5-1-2-6-14(13)11-23/h3-4,7-8,13-14H,1-2,5-6,9-12H2,(H,22,24)/p+1/t13-,14+/m0/s1. The Hall–Kier alpha value is -1.56. The van der Waals surface area contributed by atoms with Crippen molar-refractivity contribution in [1.29, 1.82) is 0 Å². The minimum absolute atomic E-state index is 0.151. The molecule has 1 saturated carbocycles. The van der Waals surface area contributed by atoms with Gasteiger partial charge in [0, 0.05) is 5.92 Å². The van der Waals surface area contributed by atoms with E-state index in [1.54, 1.807) is 0 Å². The second-order valence-corrected chi connectivity index (χ2v) is 7.07. The number of amides is 1. The molecule has 3 atom stereocenters. The number of fused-ring (bicyclic) bond motifs is 1. The molecule has 1 aliphatic heterocycles. The highest BCUT2D eigenvalue weighted by Gasteiger charge is 2.36. The molecule has 6 heteroatoms. The Balaban J connectivity index is 1.58. The van der Waals surface area contributed by atoms with Crippen molar-refractivity contribution in [3.8, 4) is 0 Å².